The molecule has 1 aromatic heterocycles. The molecular formula is C15H27Cl2N3OS. The zero-order valence-corrected chi connectivity index (χ0v) is 15.9. The fraction of sp³-hybridized carbons (Fsp3) is 0.733. The highest BCUT2D eigenvalue weighted by molar-refractivity contribution is 7.13. The van der Waals surface area contributed by atoms with Gasteiger partial charge in [0.25, 0.3) is 5.91 Å². The van der Waals surface area contributed by atoms with Gasteiger partial charge in [-0.3, -0.25) is 4.79 Å². The van der Waals surface area contributed by atoms with Crippen LogP contribution >= 0.6 is 36.2 Å². The van der Waals surface area contributed by atoms with Gasteiger partial charge in [0.1, 0.15) is 4.88 Å². The molecule has 1 heterocycles. The number of amides is 1. The molecule has 1 amide bonds. The van der Waals surface area contributed by atoms with Gasteiger partial charge in [0.15, 0.2) is 0 Å². The maximum Gasteiger partial charge on any atom is 0.263 e. The maximum absolute atomic E-state index is 12.5. The standard InChI is InChI=1S/C15H25N3OS.2ClH/c1-9(2)7-13-14(20-10(3)17-13)15(19)18-12-6-4-5-11(12)8-16;;/h9,11-12H,4-8,16H2,1-3H3,(H,18,19);2*1H. The van der Waals surface area contributed by atoms with Gasteiger partial charge in [-0.25, -0.2) is 4.98 Å². The zero-order valence-electron chi connectivity index (χ0n) is 13.4. The molecule has 7 heteroatoms. The smallest absolute Gasteiger partial charge is 0.263 e. The van der Waals surface area contributed by atoms with Crippen LogP contribution in [0, 0.1) is 18.8 Å². The van der Waals surface area contributed by atoms with Gasteiger partial charge in [-0.2, -0.15) is 0 Å². The second-order valence-electron chi connectivity index (χ2n) is 6.11. The van der Waals surface area contributed by atoms with Crippen LogP contribution in [0.4, 0.5) is 0 Å². The Balaban J connectivity index is 0.00000220. The molecule has 0 spiro atoms. The van der Waals surface area contributed by atoms with E-state index in [9.17, 15) is 4.79 Å². The van der Waals surface area contributed by atoms with Crippen molar-refractivity contribution in [2.45, 2.75) is 52.5 Å². The summed E-state index contributed by atoms with van der Waals surface area (Å²) >= 11 is 1.50. The van der Waals surface area contributed by atoms with Gasteiger partial charge in [0.05, 0.1) is 10.7 Å². The minimum atomic E-state index is 0. The Morgan fingerprint density at radius 2 is 2.09 bits per heavy atom. The lowest BCUT2D eigenvalue weighted by Crippen LogP contribution is -2.39. The first-order chi connectivity index (χ1) is 9.51. The molecule has 1 fully saturated rings. The van der Waals surface area contributed by atoms with Crippen LogP contribution in [0.5, 0.6) is 0 Å². The lowest BCUT2D eigenvalue weighted by Gasteiger charge is -2.19. The summed E-state index contributed by atoms with van der Waals surface area (Å²) in [6.07, 6.45) is 4.19. The van der Waals surface area contributed by atoms with Crippen LogP contribution in [0.2, 0.25) is 0 Å². The third-order valence-electron chi connectivity index (χ3n) is 3.89. The van der Waals surface area contributed by atoms with Crippen molar-refractivity contribution in [2.24, 2.45) is 17.6 Å². The highest BCUT2D eigenvalue weighted by Crippen LogP contribution is 2.26. The van der Waals surface area contributed by atoms with Gasteiger partial charge in [0, 0.05) is 6.04 Å². The Morgan fingerprint density at radius 3 is 2.68 bits per heavy atom. The molecule has 4 nitrogen and oxygen atoms in total. The Hall–Kier alpha value is -0.360. The summed E-state index contributed by atoms with van der Waals surface area (Å²) in [6.45, 7) is 6.92. The van der Waals surface area contributed by atoms with Gasteiger partial charge in [0.2, 0.25) is 0 Å². The molecule has 1 aromatic rings. The van der Waals surface area contributed by atoms with E-state index >= 15 is 0 Å². The summed E-state index contributed by atoms with van der Waals surface area (Å²) < 4.78 is 0. The summed E-state index contributed by atoms with van der Waals surface area (Å²) in [5.74, 6) is 0.976. The van der Waals surface area contributed by atoms with E-state index in [1.54, 1.807) is 0 Å². The van der Waals surface area contributed by atoms with Crippen molar-refractivity contribution in [1.29, 1.82) is 0 Å². The van der Waals surface area contributed by atoms with Crippen LogP contribution in [-0.4, -0.2) is 23.5 Å². The van der Waals surface area contributed by atoms with Crippen LogP contribution in [0.15, 0.2) is 0 Å². The number of thiazole rings is 1. The highest BCUT2D eigenvalue weighted by Gasteiger charge is 2.29. The maximum atomic E-state index is 12.5. The number of hydrogen-bond donors (Lipinski definition) is 2. The molecule has 1 aliphatic rings. The first-order valence-electron chi connectivity index (χ1n) is 7.48. The van der Waals surface area contributed by atoms with Crippen LogP contribution in [0.25, 0.3) is 0 Å². The van der Waals surface area contributed by atoms with Crippen molar-refractivity contribution in [2.75, 3.05) is 6.54 Å². The largest absolute Gasteiger partial charge is 0.348 e. The van der Waals surface area contributed by atoms with Crippen molar-refractivity contribution in [1.82, 2.24) is 10.3 Å². The molecule has 0 radical (unpaired) electrons. The number of nitrogens with two attached hydrogens (primary N) is 1. The molecule has 128 valence electrons. The first kappa shape index (κ1) is 21.6. The van der Waals surface area contributed by atoms with Gasteiger partial charge >= 0.3 is 0 Å². The van der Waals surface area contributed by atoms with Crippen molar-refractivity contribution >= 4 is 42.1 Å². The summed E-state index contributed by atoms with van der Waals surface area (Å²) in [5.41, 5.74) is 6.72. The van der Waals surface area contributed by atoms with Crippen molar-refractivity contribution in [3.8, 4) is 0 Å². The Kier molecular flexibility index (Phi) is 9.55. The number of hydrogen-bond acceptors (Lipinski definition) is 4. The average Bonchev–Trinajstić information content (AvgIpc) is 2.95. The van der Waals surface area contributed by atoms with Gasteiger partial charge < -0.3 is 11.1 Å². The van der Waals surface area contributed by atoms with E-state index < -0.39 is 0 Å². The molecule has 3 N–H and O–H groups in total. The topological polar surface area (TPSA) is 68.0 Å². The predicted octanol–water partition coefficient (Wildman–Crippen LogP) is 3.35. The third kappa shape index (κ3) is 5.37. The zero-order chi connectivity index (χ0) is 14.7. The number of halogens is 2. The van der Waals surface area contributed by atoms with Gasteiger partial charge in [-0.1, -0.05) is 20.3 Å². The number of aryl methyl sites for hydroxylation is 1. The number of nitrogens with zero attached hydrogens (tertiary/aromatic N) is 1. The Labute approximate surface area is 149 Å². The summed E-state index contributed by atoms with van der Waals surface area (Å²) in [7, 11) is 0. The fourth-order valence-corrected chi connectivity index (χ4v) is 3.77. The number of aromatic nitrogens is 1. The predicted molar refractivity (Wildman–Crippen MR) is 97.5 cm³/mol. The van der Waals surface area contributed by atoms with Gasteiger partial charge in [-0.05, 0) is 44.6 Å². The molecule has 2 atom stereocenters. The fourth-order valence-electron chi connectivity index (χ4n) is 2.92. The Bertz CT molecular complexity index is 479. The molecule has 0 aliphatic heterocycles. The van der Waals surface area contributed by atoms with Crippen LogP contribution < -0.4 is 11.1 Å². The van der Waals surface area contributed by atoms with E-state index in [1.165, 1.54) is 11.3 Å². The minimum Gasteiger partial charge on any atom is -0.348 e. The number of carbonyl (C=O) groups excluding carboxylic acids is 1. The third-order valence-corrected chi connectivity index (χ3v) is 4.90. The first-order valence-corrected chi connectivity index (χ1v) is 8.30. The van der Waals surface area contributed by atoms with Crippen LogP contribution in [0.1, 0.15) is 53.5 Å². The van der Waals surface area contributed by atoms with Crippen LogP contribution in [-0.2, 0) is 6.42 Å². The van der Waals surface area contributed by atoms with Crippen molar-refractivity contribution < 1.29 is 4.79 Å². The monoisotopic (exact) mass is 367 g/mol. The molecule has 2 unspecified atom stereocenters. The van der Waals surface area contributed by atoms with Crippen molar-refractivity contribution in [3.05, 3.63) is 15.6 Å². The lowest BCUT2D eigenvalue weighted by atomic mass is 10.0. The summed E-state index contributed by atoms with van der Waals surface area (Å²) in [5, 5.41) is 4.14. The number of nitrogens with one attached hydrogen (secondary N) is 1. The molecule has 1 saturated carbocycles. The van der Waals surface area contributed by atoms with E-state index in [2.05, 4.69) is 24.1 Å². The molecular weight excluding hydrogens is 341 g/mol. The van der Waals surface area contributed by atoms with Crippen LogP contribution in [0.3, 0.4) is 0 Å². The normalized spacial score (nSPS) is 20.4. The molecule has 2 rings (SSSR count). The van der Waals surface area contributed by atoms with E-state index in [1.807, 2.05) is 6.92 Å². The summed E-state index contributed by atoms with van der Waals surface area (Å²) in [6, 6.07) is 0.238. The molecule has 1 aliphatic carbocycles. The molecule has 22 heavy (non-hydrogen) atoms. The van der Waals surface area contributed by atoms with E-state index in [-0.39, 0.29) is 36.8 Å². The second kappa shape index (κ2) is 9.71. The number of carbonyl (C=O) groups is 1. The lowest BCUT2D eigenvalue weighted by molar-refractivity contribution is 0.0931. The minimum absolute atomic E-state index is 0. The SMILES string of the molecule is Cc1nc(CC(C)C)c(C(=O)NC2CCCC2CN)s1.Cl.Cl. The van der Waals surface area contributed by atoms with Crippen molar-refractivity contribution in [3.63, 3.8) is 0 Å². The molecule has 0 bridgehead atoms. The van der Waals surface area contributed by atoms with E-state index in [0.29, 0.717) is 18.4 Å². The highest BCUT2D eigenvalue weighted by atomic mass is 35.5. The molecule has 0 aromatic carbocycles. The van der Waals surface area contributed by atoms with E-state index in [0.717, 1.165) is 41.3 Å². The average molecular weight is 368 g/mol. The second-order valence-corrected chi connectivity index (χ2v) is 7.32. The summed E-state index contributed by atoms with van der Waals surface area (Å²) in [4.78, 5) is 17.8. The quantitative estimate of drug-likeness (QED) is 0.838. The Morgan fingerprint density at radius 1 is 1.41 bits per heavy atom. The molecule has 0 saturated heterocycles. The number of rotatable bonds is 5. The van der Waals surface area contributed by atoms with Gasteiger partial charge in [-0.15, -0.1) is 36.2 Å². The van der Waals surface area contributed by atoms with E-state index in [4.69, 9.17) is 5.73 Å².